The zero-order chi connectivity index (χ0) is 20.7. The van der Waals surface area contributed by atoms with E-state index in [2.05, 4.69) is 64.0 Å². The third kappa shape index (κ3) is 3.72. The number of hydrogen-bond acceptors (Lipinski definition) is 4. The van der Waals surface area contributed by atoms with Gasteiger partial charge in [-0.05, 0) is 75.0 Å². The Balaban J connectivity index is 1.38. The molecule has 1 saturated carbocycles. The molecule has 0 atom stereocenters. The highest BCUT2D eigenvalue weighted by molar-refractivity contribution is 6.30. The number of hydrogen-bond donors (Lipinski definition) is 0. The maximum Gasteiger partial charge on any atom is 0.151 e. The van der Waals surface area contributed by atoms with Crippen LogP contribution in [0.2, 0.25) is 5.02 Å². The van der Waals surface area contributed by atoms with Crippen LogP contribution in [0.3, 0.4) is 0 Å². The molecule has 3 aromatic rings. The fourth-order valence-corrected chi connectivity index (χ4v) is 4.95. The Hall–Kier alpha value is -2.37. The van der Waals surface area contributed by atoms with Gasteiger partial charge in [-0.2, -0.15) is 0 Å². The highest BCUT2D eigenvalue weighted by Gasteiger charge is 2.30. The number of nitrogens with zero attached hydrogens (tertiary/aromatic N) is 4. The molecule has 1 fully saturated rings. The molecule has 2 aliphatic rings. The summed E-state index contributed by atoms with van der Waals surface area (Å²) in [5, 5.41) is 10.00. The van der Waals surface area contributed by atoms with Crippen molar-refractivity contribution in [3.63, 3.8) is 0 Å². The van der Waals surface area contributed by atoms with E-state index < -0.39 is 0 Å². The van der Waals surface area contributed by atoms with E-state index in [0.29, 0.717) is 5.92 Å². The quantitative estimate of drug-likeness (QED) is 0.576. The summed E-state index contributed by atoms with van der Waals surface area (Å²) in [5.74, 6) is 3.49. The van der Waals surface area contributed by atoms with Crippen LogP contribution in [0.25, 0.3) is 5.69 Å². The van der Waals surface area contributed by atoms with Gasteiger partial charge in [-0.3, -0.25) is 9.47 Å². The second-order valence-corrected chi connectivity index (χ2v) is 9.05. The summed E-state index contributed by atoms with van der Waals surface area (Å²) < 4.78 is 8.58. The lowest BCUT2D eigenvalue weighted by Gasteiger charge is -2.29. The van der Waals surface area contributed by atoms with Gasteiger partial charge in [-0.15, -0.1) is 10.2 Å². The molecule has 2 aromatic carbocycles. The van der Waals surface area contributed by atoms with Gasteiger partial charge in [0.25, 0.3) is 0 Å². The van der Waals surface area contributed by atoms with Gasteiger partial charge in [-0.1, -0.05) is 29.8 Å². The molecule has 6 heteroatoms. The van der Waals surface area contributed by atoms with Crippen molar-refractivity contribution in [2.24, 2.45) is 0 Å². The number of aromatic nitrogens is 3. The van der Waals surface area contributed by atoms with Gasteiger partial charge in [0.05, 0.1) is 18.3 Å². The molecule has 1 aliphatic carbocycles. The van der Waals surface area contributed by atoms with Gasteiger partial charge in [0, 0.05) is 17.5 Å². The fourth-order valence-electron chi connectivity index (χ4n) is 4.75. The predicted molar refractivity (Wildman–Crippen MR) is 118 cm³/mol. The lowest BCUT2D eigenvalue weighted by atomic mass is 9.86. The Morgan fingerprint density at radius 3 is 2.60 bits per heavy atom. The Morgan fingerprint density at radius 1 is 1.00 bits per heavy atom. The maximum atomic E-state index is 6.30. The zero-order valence-electron chi connectivity index (χ0n) is 17.5. The molecule has 1 aromatic heterocycles. The Labute approximate surface area is 182 Å². The molecule has 0 spiro atoms. The van der Waals surface area contributed by atoms with Crippen molar-refractivity contribution >= 4 is 11.6 Å². The van der Waals surface area contributed by atoms with Crippen molar-refractivity contribution in [3.05, 3.63) is 70.3 Å². The van der Waals surface area contributed by atoms with Crippen molar-refractivity contribution in [3.8, 4) is 11.4 Å². The molecule has 0 saturated heterocycles. The normalized spacial score (nSPS) is 21.6. The van der Waals surface area contributed by atoms with Gasteiger partial charge >= 0.3 is 0 Å². The highest BCUT2D eigenvalue weighted by atomic mass is 35.5. The predicted octanol–water partition coefficient (Wildman–Crippen LogP) is 5.28. The summed E-state index contributed by atoms with van der Waals surface area (Å²) in [5.41, 5.74) is 3.58. The standard InChI is InChI=1S/C24H27ClN4O/c1-16-5-3-4-6-22(16)30-20-10-7-17(8-11-20)24-27-26-23-15-28(2)14-18-13-19(25)9-12-21(18)29(23)24/h3-6,9,12-13,17,20H,7-8,10-11,14-15H2,1-2H3. The molecule has 0 amide bonds. The fraction of sp³-hybridized carbons (Fsp3) is 0.417. The summed E-state index contributed by atoms with van der Waals surface area (Å²) in [6.45, 7) is 3.74. The minimum Gasteiger partial charge on any atom is -0.490 e. The van der Waals surface area contributed by atoms with Gasteiger partial charge in [0.1, 0.15) is 11.6 Å². The molecule has 0 bridgehead atoms. The van der Waals surface area contributed by atoms with Gasteiger partial charge in [-0.25, -0.2) is 0 Å². The van der Waals surface area contributed by atoms with Crippen molar-refractivity contribution in [2.45, 2.75) is 57.7 Å². The number of rotatable bonds is 3. The van der Waals surface area contributed by atoms with E-state index in [9.17, 15) is 0 Å². The summed E-state index contributed by atoms with van der Waals surface area (Å²) in [6, 6.07) is 14.4. The molecule has 1 aliphatic heterocycles. The molecule has 5 nitrogen and oxygen atoms in total. The monoisotopic (exact) mass is 422 g/mol. The first-order valence-electron chi connectivity index (χ1n) is 10.7. The van der Waals surface area contributed by atoms with Crippen LogP contribution < -0.4 is 4.74 Å². The van der Waals surface area contributed by atoms with Crippen LogP contribution in [-0.4, -0.2) is 32.8 Å². The Kier molecular flexibility index (Phi) is 5.25. The van der Waals surface area contributed by atoms with E-state index in [-0.39, 0.29) is 6.10 Å². The second kappa shape index (κ2) is 8.05. The van der Waals surface area contributed by atoms with Crippen LogP contribution in [0, 0.1) is 6.92 Å². The van der Waals surface area contributed by atoms with Crippen molar-refractivity contribution in [1.29, 1.82) is 0 Å². The van der Waals surface area contributed by atoms with E-state index in [4.69, 9.17) is 16.3 Å². The zero-order valence-corrected chi connectivity index (χ0v) is 18.3. The van der Waals surface area contributed by atoms with E-state index in [0.717, 1.165) is 66.9 Å². The average Bonchev–Trinajstić information content (AvgIpc) is 3.07. The summed E-state index contributed by atoms with van der Waals surface area (Å²) in [7, 11) is 2.11. The van der Waals surface area contributed by atoms with Crippen molar-refractivity contribution < 1.29 is 4.74 Å². The molecule has 5 rings (SSSR count). The minimum absolute atomic E-state index is 0.270. The molecular formula is C24H27ClN4O. The molecular weight excluding hydrogens is 396 g/mol. The Morgan fingerprint density at radius 2 is 1.80 bits per heavy atom. The van der Waals surface area contributed by atoms with Crippen molar-refractivity contribution in [2.75, 3.05) is 7.05 Å². The molecule has 2 heterocycles. The first-order chi connectivity index (χ1) is 14.6. The summed E-state index contributed by atoms with van der Waals surface area (Å²) >= 11 is 6.29. The first kappa shape index (κ1) is 19.6. The lowest BCUT2D eigenvalue weighted by molar-refractivity contribution is 0.143. The molecule has 0 radical (unpaired) electrons. The highest BCUT2D eigenvalue weighted by Crippen LogP contribution is 2.37. The van der Waals surface area contributed by atoms with Gasteiger partial charge in [0.15, 0.2) is 5.82 Å². The third-order valence-corrected chi connectivity index (χ3v) is 6.55. The SMILES string of the molecule is Cc1ccccc1OC1CCC(c2nnc3n2-c2ccc(Cl)cc2CN(C)C3)CC1. The number of halogens is 1. The number of benzene rings is 2. The summed E-state index contributed by atoms with van der Waals surface area (Å²) in [6.07, 6.45) is 4.47. The van der Waals surface area contributed by atoms with Gasteiger partial charge in [0.2, 0.25) is 0 Å². The second-order valence-electron chi connectivity index (χ2n) is 8.61. The van der Waals surface area contributed by atoms with Gasteiger partial charge < -0.3 is 4.74 Å². The molecule has 156 valence electrons. The minimum atomic E-state index is 0.270. The number of fused-ring (bicyclic) bond motifs is 3. The van der Waals surface area contributed by atoms with Crippen LogP contribution in [0.4, 0.5) is 0 Å². The lowest BCUT2D eigenvalue weighted by Crippen LogP contribution is -2.25. The number of aryl methyl sites for hydroxylation is 1. The largest absolute Gasteiger partial charge is 0.490 e. The molecule has 30 heavy (non-hydrogen) atoms. The number of para-hydroxylation sites is 1. The van der Waals surface area contributed by atoms with E-state index >= 15 is 0 Å². The maximum absolute atomic E-state index is 6.30. The van der Waals surface area contributed by atoms with Crippen LogP contribution in [0.5, 0.6) is 5.75 Å². The van der Waals surface area contributed by atoms with Crippen LogP contribution in [0.1, 0.15) is 54.4 Å². The molecule has 0 unspecified atom stereocenters. The van der Waals surface area contributed by atoms with Crippen LogP contribution >= 0.6 is 11.6 Å². The van der Waals surface area contributed by atoms with Crippen LogP contribution in [0.15, 0.2) is 42.5 Å². The van der Waals surface area contributed by atoms with E-state index in [1.54, 1.807) is 0 Å². The average molecular weight is 423 g/mol. The van der Waals surface area contributed by atoms with E-state index in [1.807, 2.05) is 12.1 Å². The van der Waals surface area contributed by atoms with Crippen molar-refractivity contribution in [1.82, 2.24) is 19.7 Å². The smallest absolute Gasteiger partial charge is 0.151 e. The topological polar surface area (TPSA) is 43.2 Å². The number of ether oxygens (including phenoxy) is 1. The Bertz CT molecular complexity index is 1060. The first-order valence-corrected chi connectivity index (χ1v) is 11.1. The molecule has 0 N–H and O–H groups in total. The summed E-state index contributed by atoms with van der Waals surface area (Å²) in [4.78, 5) is 2.26. The van der Waals surface area contributed by atoms with Crippen LogP contribution in [-0.2, 0) is 13.1 Å². The van der Waals surface area contributed by atoms with E-state index in [1.165, 1.54) is 11.1 Å². The third-order valence-electron chi connectivity index (χ3n) is 6.32.